The van der Waals surface area contributed by atoms with Crippen LogP contribution in [0.3, 0.4) is 0 Å². The molecule has 1 fully saturated rings. The van der Waals surface area contributed by atoms with E-state index in [0.29, 0.717) is 5.56 Å². The van der Waals surface area contributed by atoms with Gasteiger partial charge in [-0.2, -0.15) is 4.31 Å². The van der Waals surface area contributed by atoms with Gasteiger partial charge in [0.15, 0.2) is 5.78 Å². The summed E-state index contributed by atoms with van der Waals surface area (Å²) in [7, 11) is -3.88. The third-order valence-corrected chi connectivity index (χ3v) is 6.55. The summed E-state index contributed by atoms with van der Waals surface area (Å²) in [5.41, 5.74) is 0.541. The largest absolute Gasteiger partial charge is 0.481 e. The normalized spacial score (nSPS) is 16.3. The molecular weight excluding hydrogens is 354 g/mol. The molecule has 6 nitrogen and oxygen atoms in total. The number of piperidine rings is 1. The topological polar surface area (TPSA) is 91.8 Å². The lowest BCUT2D eigenvalue weighted by Gasteiger charge is -2.29. The minimum atomic E-state index is -3.88. The molecule has 3 rings (SSSR count). The summed E-state index contributed by atoms with van der Waals surface area (Å²) in [5.74, 6) is -1.78. The van der Waals surface area contributed by atoms with Crippen LogP contribution in [0.1, 0.15) is 28.8 Å². The summed E-state index contributed by atoms with van der Waals surface area (Å²) >= 11 is 0. The number of ketones is 1. The van der Waals surface area contributed by atoms with Gasteiger partial charge in [0.05, 0.1) is 10.8 Å². The Bertz CT molecular complexity index is 916. The average molecular weight is 373 g/mol. The lowest BCUT2D eigenvalue weighted by molar-refractivity contribution is -0.142. The van der Waals surface area contributed by atoms with Crippen molar-refractivity contribution in [1.82, 2.24) is 4.31 Å². The highest BCUT2D eigenvalue weighted by atomic mass is 32.2. The first-order chi connectivity index (χ1) is 12.4. The highest BCUT2D eigenvalue weighted by Crippen LogP contribution is 2.27. The van der Waals surface area contributed by atoms with Crippen LogP contribution in [-0.2, 0) is 14.8 Å². The zero-order valence-corrected chi connectivity index (χ0v) is 14.9. The van der Waals surface area contributed by atoms with Crippen molar-refractivity contribution in [3.05, 3.63) is 65.7 Å². The molecule has 0 amide bonds. The Balaban J connectivity index is 1.92. The monoisotopic (exact) mass is 373 g/mol. The number of sulfonamides is 1. The predicted molar refractivity (Wildman–Crippen MR) is 95.4 cm³/mol. The van der Waals surface area contributed by atoms with Gasteiger partial charge in [-0.15, -0.1) is 0 Å². The van der Waals surface area contributed by atoms with Crippen LogP contribution in [0.25, 0.3) is 0 Å². The fraction of sp³-hybridized carbons (Fsp3) is 0.263. The molecule has 0 atom stereocenters. The summed E-state index contributed by atoms with van der Waals surface area (Å²) in [5, 5.41) is 9.07. The van der Waals surface area contributed by atoms with Crippen molar-refractivity contribution in [2.75, 3.05) is 13.1 Å². The highest BCUT2D eigenvalue weighted by Gasteiger charge is 2.34. The molecule has 1 N–H and O–H groups in total. The number of hydrogen-bond donors (Lipinski definition) is 1. The minimum absolute atomic E-state index is 0.0392. The third kappa shape index (κ3) is 3.54. The first kappa shape index (κ1) is 18.3. The summed E-state index contributed by atoms with van der Waals surface area (Å²) in [6, 6.07) is 14.7. The molecule has 0 spiro atoms. The van der Waals surface area contributed by atoms with Gasteiger partial charge in [-0.1, -0.05) is 42.5 Å². The Labute approximate surface area is 152 Å². The van der Waals surface area contributed by atoms with Gasteiger partial charge < -0.3 is 5.11 Å². The molecule has 7 heteroatoms. The smallest absolute Gasteiger partial charge is 0.306 e. The number of nitrogens with zero attached hydrogens (tertiary/aromatic N) is 1. The molecule has 0 saturated carbocycles. The molecule has 1 aliphatic rings. The van der Waals surface area contributed by atoms with Crippen LogP contribution < -0.4 is 0 Å². The second-order valence-corrected chi connectivity index (χ2v) is 8.11. The number of hydrogen-bond acceptors (Lipinski definition) is 4. The quantitative estimate of drug-likeness (QED) is 0.813. The summed E-state index contributed by atoms with van der Waals surface area (Å²) in [6.07, 6.45) is 0.534. The maximum Gasteiger partial charge on any atom is 0.306 e. The van der Waals surface area contributed by atoms with Crippen LogP contribution in [0, 0.1) is 5.92 Å². The van der Waals surface area contributed by atoms with E-state index in [2.05, 4.69) is 0 Å². The molecule has 1 heterocycles. The van der Waals surface area contributed by atoms with Crippen molar-refractivity contribution in [1.29, 1.82) is 0 Å². The van der Waals surface area contributed by atoms with E-state index in [9.17, 15) is 18.0 Å². The number of carboxylic acids is 1. The molecule has 0 radical (unpaired) electrons. The molecule has 1 saturated heterocycles. The van der Waals surface area contributed by atoms with E-state index < -0.39 is 21.9 Å². The second kappa shape index (κ2) is 7.39. The van der Waals surface area contributed by atoms with E-state index in [0.717, 1.165) is 0 Å². The predicted octanol–water partition coefficient (Wildman–Crippen LogP) is 2.40. The van der Waals surface area contributed by atoms with Crippen LogP contribution in [-0.4, -0.2) is 42.7 Å². The molecular formula is C19H19NO5S. The lowest BCUT2D eigenvalue weighted by Crippen LogP contribution is -2.40. The van der Waals surface area contributed by atoms with Gasteiger partial charge in [0.2, 0.25) is 10.0 Å². The Kier molecular flexibility index (Phi) is 5.20. The molecule has 0 aliphatic carbocycles. The van der Waals surface area contributed by atoms with E-state index in [1.165, 1.54) is 16.4 Å². The van der Waals surface area contributed by atoms with Crippen molar-refractivity contribution in [2.45, 2.75) is 17.7 Å². The number of carboxylic acid groups (broad SMARTS) is 1. The van der Waals surface area contributed by atoms with Gasteiger partial charge in [0.1, 0.15) is 0 Å². The average Bonchev–Trinajstić information content (AvgIpc) is 2.68. The van der Waals surface area contributed by atoms with E-state index in [-0.39, 0.29) is 42.2 Å². The van der Waals surface area contributed by atoms with Crippen LogP contribution >= 0.6 is 0 Å². The molecule has 26 heavy (non-hydrogen) atoms. The van der Waals surface area contributed by atoms with Gasteiger partial charge in [0, 0.05) is 24.2 Å². The van der Waals surface area contributed by atoms with Gasteiger partial charge in [-0.3, -0.25) is 9.59 Å². The first-order valence-electron chi connectivity index (χ1n) is 8.33. The van der Waals surface area contributed by atoms with Crippen LogP contribution in [0.2, 0.25) is 0 Å². The van der Waals surface area contributed by atoms with Crippen molar-refractivity contribution >= 4 is 21.8 Å². The second-order valence-electron chi connectivity index (χ2n) is 6.21. The van der Waals surface area contributed by atoms with Crippen LogP contribution in [0.5, 0.6) is 0 Å². The lowest BCUT2D eigenvalue weighted by atomic mass is 9.99. The summed E-state index contributed by atoms with van der Waals surface area (Å²) < 4.78 is 27.4. The molecule has 2 aromatic rings. The molecule has 1 aliphatic heterocycles. The molecule has 0 unspecified atom stereocenters. The third-order valence-electron chi connectivity index (χ3n) is 4.59. The Morgan fingerprint density at radius 3 is 2.12 bits per heavy atom. The van der Waals surface area contributed by atoms with Crippen molar-refractivity contribution in [3.8, 4) is 0 Å². The first-order valence-corrected chi connectivity index (χ1v) is 9.77. The standard InChI is InChI=1S/C19H19NO5S/c21-18(14-6-2-1-3-7-14)16-8-4-5-9-17(16)26(24,25)20-12-10-15(11-13-20)19(22)23/h1-9,15H,10-13H2,(H,22,23). The summed E-state index contributed by atoms with van der Waals surface area (Å²) in [6.45, 7) is 0.264. The SMILES string of the molecule is O=C(c1ccccc1)c1ccccc1S(=O)(=O)N1CCC(C(=O)O)CC1. The van der Waals surface area contributed by atoms with Gasteiger partial charge in [-0.05, 0) is 25.0 Å². The molecule has 0 bridgehead atoms. The number of benzene rings is 2. The van der Waals surface area contributed by atoms with E-state index >= 15 is 0 Å². The van der Waals surface area contributed by atoms with E-state index in [1.54, 1.807) is 42.5 Å². The number of carbonyl (C=O) groups is 2. The fourth-order valence-corrected chi connectivity index (χ4v) is 4.77. The van der Waals surface area contributed by atoms with E-state index in [4.69, 9.17) is 5.11 Å². The Morgan fingerprint density at radius 2 is 1.50 bits per heavy atom. The molecule has 2 aromatic carbocycles. The van der Waals surface area contributed by atoms with Crippen molar-refractivity contribution < 1.29 is 23.1 Å². The van der Waals surface area contributed by atoms with Crippen molar-refractivity contribution in [3.63, 3.8) is 0 Å². The fourth-order valence-electron chi connectivity index (χ4n) is 3.11. The molecule has 136 valence electrons. The van der Waals surface area contributed by atoms with E-state index in [1.807, 2.05) is 0 Å². The zero-order chi connectivity index (χ0) is 18.7. The van der Waals surface area contributed by atoms with Crippen LogP contribution in [0.15, 0.2) is 59.5 Å². The zero-order valence-electron chi connectivity index (χ0n) is 14.0. The number of carbonyl (C=O) groups excluding carboxylic acids is 1. The number of rotatable bonds is 5. The summed E-state index contributed by atoms with van der Waals surface area (Å²) in [4.78, 5) is 23.8. The Hall–Kier alpha value is -2.51. The molecule has 0 aromatic heterocycles. The van der Waals surface area contributed by atoms with Gasteiger partial charge in [0.25, 0.3) is 0 Å². The minimum Gasteiger partial charge on any atom is -0.481 e. The van der Waals surface area contributed by atoms with Gasteiger partial charge in [-0.25, -0.2) is 8.42 Å². The maximum absolute atomic E-state index is 13.0. The van der Waals surface area contributed by atoms with Gasteiger partial charge >= 0.3 is 5.97 Å². The maximum atomic E-state index is 13.0. The van der Waals surface area contributed by atoms with Crippen LogP contribution in [0.4, 0.5) is 0 Å². The Morgan fingerprint density at radius 1 is 0.923 bits per heavy atom. The highest BCUT2D eigenvalue weighted by molar-refractivity contribution is 7.89. The van der Waals surface area contributed by atoms with Crippen molar-refractivity contribution in [2.24, 2.45) is 5.92 Å². The number of aliphatic carboxylic acids is 1.